The van der Waals surface area contributed by atoms with E-state index in [0.717, 1.165) is 11.3 Å². The molecular formula is C15H14F2N2O2. The average Bonchev–Trinajstić information content (AvgIpc) is 2.45. The summed E-state index contributed by atoms with van der Waals surface area (Å²) in [4.78, 5) is 16.1. The fraction of sp³-hybridized carbons (Fsp3) is 0.200. The number of alkyl halides is 2. The van der Waals surface area contributed by atoms with Crippen molar-refractivity contribution < 1.29 is 18.3 Å². The fourth-order valence-corrected chi connectivity index (χ4v) is 1.78. The van der Waals surface area contributed by atoms with Crippen LogP contribution in [0.15, 0.2) is 42.6 Å². The molecule has 1 aromatic carbocycles. The minimum atomic E-state index is -2.92. The van der Waals surface area contributed by atoms with E-state index in [4.69, 9.17) is 0 Å². The Bertz CT molecular complexity index is 633. The highest BCUT2D eigenvalue weighted by molar-refractivity contribution is 5.94. The number of nitrogens with one attached hydrogen (secondary N) is 1. The van der Waals surface area contributed by atoms with Gasteiger partial charge in [0.2, 0.25) is 0 Å². The second kappa shape index (κ2) is 6.78. The number of pyridine rings is 1. The van der Waals surface area contributed by atoms with Crippen LogP contribution in [0.1, 0.15) is 21.6 Å². The van der Waals surface area contributed by atoms with E-state index in [1.165, 1.54) is 24.3 Å². The number of rotatable bonds is 5. The summed E-state index contributed by atoms with van der Waals surface area (Å²) in [6.45, 7) is -0.753. The largest absolute Gasteiger partial charge is 0.435 e. The Balaban J connectivity index is 2.02. The van der Waals surface area contributed by atoms with Gasteiger partial charge < -0.3 is 10.1 Å². The van der Waals surface area contributed by atoms with Crippen LogP contribution in [0, 0.1) is 6.92 Å². The van der Waals surface area contributed by atoms with Gasteiger partial charge in [-0.15, -0.1) is 0 Å². The lowest BCUT2D eigenvalue weighted by atomic mass is 10.2. The third-order valence-electron chi connectivity index (χ3n) is 2.86. The lowest BCUT2D eigenvalue weighted by Crippen LogP contribution is -2.23. The first kappa shape index (κ1) is 14.9. The molecule has 0 bridgehead atoms. The summed E-state index contributed by atoms with van der Waals surface area (Å²) in [5, 5.41) is 2.69. The Morgan fingerprint density at radius 2 is 2.14 bits per heavy atom. The van der Waals surface area contributed by atoms with Crippen molar-refractivity contribution in [1.29, 1.82) is 0 Å². The number of ether oxygens (including phenoxy) is 1. The van der Waals surface area contributed by atoms with Crippen LogP contribution in [0.2, 0.25) is 0 Å². The van der Waals surface area contributed by atoms with Crippen LogP contribution in [0.3, 0.4) is 0 Å². The highest BCUT2D eigenvalue weighted by Gasteiger charge is 2.10. The molecule has 1 aromatic heterocycles. The second-order valence-electron chi connectivity index (χ2n) is 4.36. The van der Waals surface area contributed by atoms with E-state index < -0.39 is 6.61 Å². The number of carbonyl (C=O) groups excluding carboxylic acids is 1. The quantitative estimate of drug-likeness (QED) is 0.922. The zero-order chi connectivity index (χ0) is 15.2. The molecule has 0 radical (unpaired) electrons. The van der Waals surface area contributed by atoms with E-state index in [-0.39, 0.29) is 23.8 Å². The van der Waals surface area contributed by atoms with Gasteiger partial charge in [0, 0.05) is 11.8 Å². The van der Waals surface area contributed by atoms with Gasteiger partial charge in [-0.25, -0.2) is 0 Å². The van der Waals surface area contributed by atoms with E-state index >= 15 is 0 Å². The molecule has 0 saturated heterocycles. The summed E-state index contributed by atoms with van der Waals surface area (Å²) in [5.41, 5.74) is 1.97. The van der Waals surface area contributed by atoms with Gasteiger partial charge in [-0.2, -0.15) is 8.78 Å². The fourth-order valence-electron chi connectivity index (χ4n) is 1.78. The van der Waals surface area contributed by atoms with Crippen LogP contribution < -0.4 is 10.1 Å². The van der Waals surface area contributed by atoms with E-state index in [9.17, 15) is 13.6 Å². The number of aromatic nitrogens is 1. The first-order valence-corrected chi connectivity index (χ1v) is 6.30. The molecule has 0 aliphatic heterocycles. The number of hydrogen-bond acceptors (Lipinski definition) is 3. The van der Waals surface area contributed by atoms with Gasteiger partial charge in [-0.05, 0) is 36.8 Å². The number of amides is 1. The maximum atomic E-state index is 12.1. The summed E-state index contributed by atoms with van der Waals surface area (Å²) < 4.78 is 28.5. The zero-order valence-corrected chi connectivity index (χ0v) is 11.3. The molecule has 4 nitrogen and oxygen atoms in total. The average molecular weight is 292 g/mol. The van der Waals surface area contributed by atoms with Gasteiger partial charge in [0.15, 0.2) is 0 Å². The monoisotopic (exact) mass is 292 g/mol. The lowest BCUT2D eigenvalue weighted by Gasteiger charge is -2.08. The summed E-state index contributed by atoms with van der Waals surface area (Å²) in [5.74, 6) is -0.425. The van der Waals surface area contributed by atoms with Crippen LogP contribution in [0.5, 0.6) is 5.75 Å². The number of nitrogens with zero attached hydrogens (tertiary/aromatic N) is 1. The third-order valence-corrected chi connectivity index (χ3v) is 2.86. The van der Waals surface area contributed by atoms with Gasteiger partial charge >= 0.3 is 6.61 Å². The SMILES string of the molecule is Cc1cccnc1CNC(=O)c1cccc(OC(F)F)c1. The molecule has 0 spiro atoms. The van der Waals surface area contributed by atoms with Crippen LogP contribution >= 0.6 is 0 Å². The highest BCUT2D eigenvalue weighted by atomic mass is 19.3. The number of halogens is 2. The summed E-state index contributed by atoms with van der Waals surface area (Å²) in [6, 6.07) is 9.35. The molecule has 0 fully saturated rings. The maximum Gasteiger partial charge on any atom is 0.387 e. The molecular weight excluding hydrogens is 278 g/mol. The second-order valence-corrected chi connectivity index (χ2v) is 4.36. The van der Waals surface area contributed by atoms with Crippen LogP contribution in [0.4, 0.5) is 8.78 Å². The minimum Gasteiger partial charge on any atom is -0.435 e. The first-order valence-electron chi connectivity index (χ1n) is 6.30. The van der Waals surface area contributed by atoms with Crippen molar-refractivity contribution in [3.63, 3.8) is 0 Å². The molecule has 2 rings (SSSR count). The van der Waals surface area contributed by atoms with E-state index in [1.54, 1.807) is 6.20 Å². The molecule has 1 heterocycles. The summed E-state index contributed by atoms with van der Waals surface area (Å²) in [6.07, 6.45) is 1.64. The van der Waals surface area contributed by atoms with Crippen molar-refractivity contribution in [2.24, 2.45) is 0 Å². The van der Waals surface area contributed by atoms with Gasteiger partial charge in [0.1, 0.15) is 5.75 Å². The third kappa shape index (κ3) is 4.24. The van der Waals surface area contributed by atoms with Crippen molar-refractivity contribution in [2.75, 3.05) is 0 Å². The van der Waals surface area contributed by atoms with Crippen molar-refractivity contribution in [3.05, 3.63) is 59.4 Å². The van der Waals surface area contributed by atoms with Crippen LogP contribution in [-0.2, 0) is 6.54 Å². The molecule has 0 saturated carbocycles. The topological polar surface area (TPSA) is 51.2 Å². The smallest absolute Gasteiger partial charge is 0.387 e. The maximum absolute atomic E-state index is 12.1. The van der Waals surface area contributed by atoms with Gasteiger partial charge in [-0.3, -0.25) is 9.78 Å². The standard InChI is InChI=1S/C15H14F2N2O2/c1-10-4-3-7-18-13(10)9-19-14(20)11-5-2-6-12(8-11)21-15(16)17/h2-8,15H,9H2,1H3,(H,19,20). The van der Waals surface area contributed by atoms with Gasteiger partial charge in [-0.1, -0.05) is 12.1 Å². The predicted octanol–water partition coefficient (Wildman–Crippen LogP) is 2.92. The highest BCUT2D eigenvalue weighted by Crippen LogP contribution is 2.16. The molecule has 0 unspecified atom stereocenters. The summed E-state index contributed by atoms with van der Waals surface area (Å²) >= 11 is 0. The van der Waals surface area contributed by atoms with Crippen molar-refractivity contribution in [1.82, 2.24) is 10.3 Å². The Hall–Kier alpha value is -2.50. The van der Waals surface area contributed by atoms with Gasteiger partial charge in [0.25, 0.3) is 5.91 Å². The Morgan fingerprint density at radius 3 is 2.86 bits per heavy atom. The Labute approximate surface area is 120 Å². The molecule has 110 valence electrons. The Kier molecular flexibility index (Phi) is 4.81. The molecule has 6 heteroatoms. The number of benzene rings is 1. The number of carbonyl (C=O) groups is 1. The minimum absolute atomic E-state index is 0.0494. The summed E-state index contributed by atoms with van der Waals surface area (Å²) in [7, 11) is 0. The van der Waals surface area contributed by atoms with E-state index in [0.29, 0.717) is 0 Å². The van der Waals surface area contributed by atoms with E-state index in [1.807, 2.05) is 19.1 Å². The van der Waals surface area contributed by atoms with Crippen molar-refractivity contribution in [3.8, 4) is 5.75 Å². The molecule has 1 amide bonds. The molecule has 2 aromatic rings. The normalized spacial score (nSPS) is 10.5. The number of aryl methyl sites for hydroxylation is 1. The predicted molar refractivity (Wildman–Crippen MR) is 73.2 cm³/mol. The number of hydrogen-bond donors (Lipinski definition) is 1. The Morgan fingerprint density at radius 1 is 1.33 bits per heavy atom. The molecule has 0 aliphatic carbocycles. The zero-order valence-electron chi connectivity index (χ0n) is 11.3. The molecule has 0 aliphatic rings. The molecule has 0 atom stereocenters. The van der Waals surface area contributed by atoms with Crippen LogP contribution in [0.25, 0.3) is 0 Å². The van der Waals surface area contributed by atoms with Crippen LogP contribution in [-0.4, -0.2) is 17.5 Å². The van der Waals surface area contributed by atoms with E-state index in [2.05, 4.69) is 15.0 Å². The molecule has 1 N–H and O–H groups in total. The van der Waals surface area contributed by atoms with Crippen molar-refractivity contribution in [2.45, 2.75) is 20.1 Å². The first-order chi connectivity index (χ1) is 10.1. The van der Waals surface area contributed by atoms with Gasteiger partial charge in [0.05, 0.1) is 12.2 Å². The molecule has 21 heavy (non-hydrogen) atoms. The lowest BCUT2D eigenvalue weighted by molar-refractivity contribution is -0.0498. The van der Waals surface area contributed by atoms with Crippen molar-refractivity contribution >= 4 is 5.91 Å².